The Morgan fingerprint density at radius 3 is 2.47 bits per heavy atom. The molecule has 1 N–H and O–H groups in total. The van der Waals surface area contributed by atoms with E-state index in [-0.39, 0.29) is 24.4 Å². The molecule has 0 fully saturated rings. The van der Waals surface area contributed by atoms with Crippen molar-refractivity contribution in [2.45, 2.75) is 56.6 Å². The highest BCUT2D eigenvalue weighted by Crippen LogP contribution is 2.53. The van der Waals surface area contributed by atoms with Crippen LogP contribution in [0, 0.1) is 0 Å². The van der Waals surface area contributed by atoms with Crippen LogP contribution in [0.4, 0.5) is 0 Å². The third-order valence-corrected chi connectivity index (χ3v) is 8.93. The summed E-state index contributed by atoms with van der Waals surface area (Å²) in [5, 5.41) is 3.51. The van der Waals surface area contributed by atoms with Gasteiger partial charge in [0.05, 0.1) is 38.5 Å². The van der Waals surface area contributed by atoms with Gasteiger partial charge in [0.25, 0.3) is 0 Å². The number of nitrogens with one attached hydrogen (secondary N) is 1. The molecule has 0 aliphatic carbocycles. The van der Waals surface area contributed by atoms with Gasteiger partial charge in [0.2, 0.25) is 0 Å². The number of fused-ring (bicyclic) bond motifs is 3. The summed E-state index contributed by atoms with van der Waals surface area (Å²) in [6, 6.07) is 5.54. The van der Waals surface area contributed by atoms with Gasteiger partial charge in [-0.15, -0.1) is 10.5 Å². The van der Waals surface area contributed by atoms with Crippen molar-refractivity contribution in [3.05, 3.63) is 41.7 Å². The molecule has 2 unspecified atom stereocenters. The van der Waals surface area contributed by atoms with Crippen LogP contribution < -0.4 is 14.8 Å². The summed E-state index contributed by atoms with van der Waals surface area (Å²) in [6.07, 6.45) is 4.79. The predicted molar refractivity (Wildman–Crippen MR) is 142 cm³/mol. The molecule has 0 saturated carbocycles. The molecule has 1 aromatic carbocycles. The lowest BCUT2D eigenvalue weighted by molar-refractivity contribution is -0.118. The van der Waals surface area contributed by atoms with E-state index in [2.05, 4.69) is 36.3 Å². The Hall–Kier alpha value is -2.88. The second-order valence-corrected chi connectivity index (χ2v) is 10.6. The lowest BCUT2D eigenvalue weighted by Crippen LogP contribution is -2.41. The number of benzene rings is 1. The smallest absolute Gasteiger partial charge is 0.356 e. The van der Waals surface area contributed by atoms with Crippen molar-refractivity contribution in [1.29, 1.82) is 0 Å². The fourth-order valence-corrected chi connectivity index (χ4v) is 7.22. The minimum Gasteiger partial charge on any atom is -0.493 e. The topological polar surface area (TPSA) is 82.0 Å². The fourth-order valence-electron chi connectivity index (χ4n) is 4.67. The van der Waals surface area contributed by atoms with Gasteiger partial charge in [-0.1, -0.05) is 19.9 Å². The molecular formula is C27H35N3O5S. The minimum absolute atomic E-state index is 0.0856. The quantitative estimate of drug-likeness (QED) is 0.378. The number of aromatic nitrogens is 1. The molecule has 2 aliphatic heterocycles. The van der Waals surface area contributed by atoms with Crippen molar-refractivity contribution in [3.63, 3.8) is 0 Å². The first-order valence-electron chi connectivity index (χ1n) is 12.3. The number of hydrogen-bond donors (Lipinski definition) is 1. The zero-order chi connectivity index (χ0) is 26.0. The molecule has 2 aromatic rings. The van der Waals surface area contributed by atoms with Crippen molar-refractivity contribution in [2.24, 2.45) is 0 Å². The van der Waals surface area contributed by atoms with Gasteiger partial charge in [0, 0.05) is 27.1 Å². The lowest BCUT2D eigenvalue weighted by atomic mass is 9.99. The van der Waals surface area contributed by atoms with Crippen LogP contribution >= 0.6 is 10.5 Å². The Kier molecular flexibility index (Phi) is 8.02. The number of hydrogen-bond acceptors (Lipinski definition) is 7. The highest BCUT2D eigenvalue weighted by atomic mass is 32.2. The first-order chi connectivity index (χ1) is 17.4. The summed E-state index contributed by atoms with van der Waals surface area (Å²) in [5.74, 6) is 0.989. The molecule has 9 heteroatoms. The van der Waals surface area contributed by atoms with Crippen molar-refractivity contribution < 1.29 is 23.8 Å². The first-order valence-corrected chi connectivity index (χ1v) is 13.5. The molecule has 0 saturated heterocycles. The van der Waals surface area contributed by atoms with Gasteiger partial charge in [0.1, 0.15) is 11.5 Å². The van der Waals surface area contributed by atoms with Crippen LogP contribution in [0.2, 0.25) is 0 Å². The number of rotatable bonds is 10. The Morgan fingerprint density at radius 1 is 1.14 bits per heavy atom. The summed E-state index contributed by atoms with van der Waals surface area (Å²) >= 11 is 0. The van der Waals surface area contributed by atoms with Crippen LogP contribution in [0.1, 0.15) is 50.2 Å². The zero-order valence-corrected chi connectivity index (χ0v) is 22.7. The SMILES string of the molecule is CCOC(=O)c1c2c(cn1CN(CC)CC)C1=CCC(C(C)=O)NC1=S2c1ccc(OC)c(OC)c1. The molecule has 2 aliphatic rings. The van der Waals surface area contributed by atoms with Gasteiger partial charge in [-0.05, 0) is 51.6 Å². The number of esters is 1. The van der Waals surface area contributed by atoms with Crippen LogP contribution in [0.15, 0.2) is 40.3 Å². The van der Waals surface area contributed by atoms with Crippen molar-refractivity contribution in [2.75, 3.05) is 33.9 Å². The van der Waals surface area contributed by atoms with Gasteiger partial charge in [0.15, 0.2) is 11.5 Å². The molecule has 3 heterocycles. The summed E-state index contributed by atoms with van der Waals surface area (Å²) in [5.41, 5.74) is 2.61. The van der Waals surface area contributed by atoms with Crippen LogP contribution in [0.25, 0.3) is 5.57 Å². The standard InChI is InChI=1S/C27H35N3O5S/c1-7-29(8-2)16-30-15-20-19-11-12-21(17(4)31)28-26(19)36(25(20)24(30)27(32)35-9-3)18-10-13-22(33-5)23(14-18)34-6/h10-11,13-15,21,28H,7-9,12,16H2,1-6H3. The average molecular weight is 514 g/mol. The molecule has 0 radical (unpaired) electrons. The highest BCUT2D eigenvalue weighted by molar-refractivity contribution is 8.17. The van der Waals surface area contributed by atoms with E-state index in [0.29, 0.717) is 30.3 Å². The van der Waals surface area contributed by atoms with Crippen molar-refractivity contribution in [3.8, 4) is 11.5 Å². The lowest BCUT2D eigenvalue weighted by Gasteiger charge is -2.25. The number of carbonyl (C=O) groups excluding carboxylic acids is 2. The van der Waals surface area contributed by atoms with Gasteiger partial charge >= 0.3 is 5.97 Å². The monoisotopic (exact) mass is 513 g/mol. The molecule has 0 spiro atoms. The predicted octanol–water partition coefficient (Wildman–Crippen LogP) is 4.15. The third-order valence-electron chi connectivity index (χ3n) is 6.63. The number of carbonyl (C=O) groups is 2. The van der Waals surface area contributed by atoms with Crippen LogP contribution in [0.3, 0.4) is 0 Å². The average Bonchev–Trinajstić information content (AvgIpc) is 3.40. The molecular weight excluding hydrogens is 478 g/mol. The summed E-state index contributed by atoms with van der Waals surface area (Å²) in [4.78, 5) is 30.8. The Morgan fingerprint density at radius 2 is 1.86 bits per heavy atom. The van der Waals surface area contributed by atoms with Crippen LogP contribution in [-0.4, -0.2) is 66.2 Å². The van der Waals surface area contributed by atoms with Crippen LogP contribution in [-0.2, 0) is 16.2 Å². The van der Waals surface area contributed by atoms with Gasteiger partial charge in [-0.25, -0.2) is 4.79 Å². The largest absolute Gasteiger partial charge is 0.493 e. The maximum absolute atomic E-state index is 13.4. The second-order valence-electron chi connectivity index (χ2n) is 8.67. The van der Waals surface area contributed by atoms with E-state index in [1.54, 1.807) is 21.1 Å². The van der Waals surface area contributed by atoms with E-state index < -0.39 is 10.5 Å². The zero-order valence-electron chi connectivity index (χ0n) is 21.8. The van der Waals surface area contributed by atoms with Gasteiger partial charge in [-0.2, -0.15) is 0 Å². The molecule has 0 amide bonds. The Balaban J connectivity index is 1.99. The van der Waals surface area contributed by atoms with Crippen LogP contribution in [0.5, 0.6) is 11.5 Å². The second kappa shape index (κ2) is 11.0. The molecule has 8 nitrogen and oxygen atoms in total. The van der Waals surface area contributed by atoms with E-state index in [1.807, 2.05) is 29.7 Å². The van der Waals surface area contributed by atoms with E-state index in [4.69, 9.17) is 14.2 Å². The minimum atomic E-state index is -0.666. The molecule has 4 rings (SSSR count). The third kappa shape index (κ3) is 4.63. The number of Topliss-reactive ketones (excluding diaryl/α,β-unsaturated/α-hetero) is 1. The van der Waals surface area contributed by atoms with Crippen molar-refractivity contribution >= 4 is 32.8 Å². The number of nitrogens with zero attached hydrogens (tertiary/aromatic N) is 2. The highest BCUT2D eigenvalue weighted by Gasteiger charge is 2.38. The van der Waals surface area contributed by atoms with E-state index in [9.17, 15) is 9.59 Å². The van der Waals surface area contributed by atoms with Gasteiger partial charge in [-0.3, -0.25) is 15.0 Å². The summed E-state index contributed by atoms with van der Waals surface area (Å²) < 4.78 is 18.6. The van der Waals surface area contributed by atoms with Crippen molar-refractivity contribution in [1.82, 2.24) is 14.8 Å². The molecule has 36 heavy (non-hydrogen) atoms. The van der Waals surface area contributed by atoms with E-state index >= 15 is 0 Å². The molecule has 194 valence electrons. The number of methoxy groups -OCH3 is 2. The molecule has 0 bridgehead atoms. The Bertz CT molecular complexity index is 1240. The molecule has 1 aromatic heterocycles. The number of ketones is 1. The normalized spacial score (nSPS) is 18.5. The van der Waals surface area contributed by atoms with E-state index in [0.717, 1.165) is 39.0 Å². The summed E-state index contributed by atoms with van der Waals surface area (Å²) in [6.45, 7) is 10.3. The maximum atomic E-state index is 13.4. The maximum Gasteiger partial charge on any atom is 0.356 e. The van der Waals surface area contributed by atoms with E-state index in [1.165, 1.54) is 0 Å². The first kappa shape index (κ1) is 26.2. The number of ether oxygens (including phenoxy) is 3. The van der Waals surface area contributed by atoms with Gasteiger partial charge < -0.3 is 18.8 Å². The fraction of sp³-hybridized carbons (Fsp3) is 0.444. The Labute approximate surface area is 215 Å². The summed E-state index contributed by atoms with van der Waals surface area (Å²) in [7, 11) is 2.55. The molecule has 2 atom stereocenters.